The molecule has 4 rings (SSSR count). The molecule has 31 heavy (non-hydrogen) atoms. The van der Waals surface area contributed by atoms with Crippen LogP contribution in [0.25, 0.3) is 11.1 Å². The van der Waals surface area contributed by atoms with Crippen LogP contribution in [0.3, 0.4) is 0 Å². The Labute approximate surface area is 180 Å². The predicted molar refractivity (Wildman–Crippen MR) is 119 cm³/mol. The lowest BCUT2D eigenvalue weighted by atomic mass is 10.0. The highest BCUT2D eigenvalue weighted by Gasteiger charge is 2.14. The first-order valence-corrected chi connectivity index (χ1v) is 10.1. The lowest BCUT2D eigenvalue weighted by molar-refractivity contribution is 0.101. The number of aromatic nitrogens is 4. The van der Waals surface area contributed by atoms with E-state index in [1.165, 1.54) is 5.56 Å². The predicted octanol–water partition coefficient (Wildman–Crippen LogP) is 4.28. The van der Waals surface area contributed by atoms with Gasteiger partial charge in [-0.1, -0.05) is 43.3 Å². The number of hydrogen-bond acceptors (Lipinski definition) is 5. The molecule has 4 aromatic rings. The average Bonchev–Trinajstić information content (AvgIpc) is 3.28. The third-order valence-electron chi connectivity index (χ3n) is 4.95. The van der Waals surface area contributed by atoms with Crippen LogP contribution in [0.4, 0.5) is 5.82 Å². The summed E-state index contributed by atoms with van der Waals surface area (Å²) in [7, 11) is 1.64. The van der Waals surface area contributed by atoms with Gasteiger partial charge < -0.3 is 15.0 Å². The zero-order chi connectivity index (χ0) is 21.6. The van der Waals surface area contributed by atoms with E-state index in [0.717, 1.165) is 28.9 Å². The molecule has 0 atom stereocenters. The second-order valence-corrected chi connectivity index (χ2v) is 7.05. The number of carbonyl (C=O) groups is 1. The van der Waals surface area contributed by atoms with Crippen LogP contribution >= 0.6 is 0 Å². The first-order chi connectivity index (χ1) is 15.2. The Kier molecular flexibility index (Phi) is 6.03. The monoisotopic (exact) mass is 413 g/mol. The van der Waals surface area contributed by atoms with Crippen molar-refractivity contribution in [1.29, 1.82) is 0 Å². The zero-order valence-corrected chi connectivity index (χ0v) is 17.4. The molecule has 0 spiro atoms. The zero-order valence-electron chi connectivity index (χ0n) is 17.4. The number of carbonyl (C=O) groups excluding carboxylic acids is 1. The van der Waals surface area contributed by atoms with Gasteiger partial charge in [-0.25, -0.2) is 4.98 Å². The Morgan fingerprint density at radius 2 is 1.87 bits per heavy atom. The minimum atomic E-state index is -0.397. The van der Waals surface area contributed by atoms with Gasteiger partial charge in [-0.05, 0) is 47.4 Å². The topological polar surface area (TPSA) is 92.8 Å². The third kappa shape index (κ3) is 4.78. The molecule has 0 fully saturated rings. The second-order valence-electron chi connectivity index (χ2n) is 7.05. The minimum absolute atomic E-state index is 0.142. The molecule has 2 aromatic heterocycles. The first kappa shape index (κ1) is 20.3. The Bertz CT molecular complexity index is 1190. The summed E-state index contributed by atoms with van der Waals surface area (Å²) in [6.07, 6.45) is 3.15. The highest BCUT2D eigenvalue weighted by atomic mass is 16.5. The number of amides is 1. The smallest absolute Gasteiger partial charge is 0.294 e. The maximum absolute atomic E-state index is 12.6. The number of nitrogens with one attached hydrogen (secondary N) is 2. The number of rotatable bonds is 7. The van der Waals surface area contributed by atoms with Crippen molar-refractivity contribution < 1.29 is 9.53 Å². The van der Waals surface area contributed by atoms with E-state index >= 15 is 0 Å². The van der Waals surface area contributed by atoms with Crippen molar-refractivity contribution in [2.75, 3.05) is 12.4 Å². The number of methoxy groups -OCH3 is 1. The summed E-state index contributed by atoms with van der Waals surface area (Å²) >= 11 is 0. The molecule has 0 saturated heterocycles. The normalized spacial score (nSPS) is 10.6. The molecule has 0 unspecified atom stereocenters. The molecule has 7 nitrogen and oxygen atoms in total. The van der Waals surface area contributed by atoms with Crippen LogP contribution in [0.1, 0.15) is 34.5 Å². The highest BCUT2D eigenvalue weighted by molar-refractivity contribution is 6.01. The van der Waals surface area contributed by atoms with Gasteiger partial charge in [0, 0.05) is 18.2 Å². The van der Waals surface area contributed by atoms with E-state index < -0.39 is 5.91 Å². The molecule has 0 aliphatic heterocycles. The van der Waals surface area contributed by atoms with E-state index in [0.29, 0.717) is 18.1 Å². The number of H-pyrrole nitrogens is 1. The molecule has 156 valence electrons. The Hall–Kier alpha value is -4.00. The number of anilines is 1. The van der Waals surface area contributed by atoms with Gasteiger partial charge in [0.2, 0.25) is 5.82 Å². The molecule has 2 aromatic carbocycles. The van der Waals surface area contributed by atoms with Gasteiger partial charge in [0.05, 0.1) is 7.11 Å². The summed E-state index contributed by atoms with van der Waals surface area (Å²) in [5.41, 5.74) is 4.14. The van der Waals surface area contributed by atoms with Gasteiger partial charge in [-0.15, -0.1) is 10.2 Å². The van der Waals surface area contributed by atoms with Gasteiger partial charge in [0.15, 0.2) is 0 Å². The summed E-state index contributed by atoms with van der Waals surface area (Å²) in [5.74, 6) is 1.56. The van der Waals surface area contributed by atoms with Gasteiger partial charge in [-0.3, -0.25) is 4.79 Å². The summed E-state index contributed by atoms with van der Waals surface area (Å²) in [4.78, 5) is 19.9. The summed E-state index contributed by atoms with van der Waals surface area (Å²) in [6.45, 7) is 2.10. The van der Waals surface area contributed by atoms with Gasteiger partial charge >= 0.3 is 0 Å². The Balaban J connectivity index is 1.51. The van der Waals surface area contributed by atoms with Crippen molar-refractivity contribution in [3.63, 3.8) is 0 Å². The quantitative estimate of drug-likeness (QED) is 0.472. The SMILES string of the molecule is CCc1ccc(OC)c(-c2ccnc(NC(=O)c3nnc(Cc4ccccc4)[nH]3)c2)c1. The molecule has 2 heterocycles. The second kappa shape index (κ2) is 9.21. The maximum Gasteiger partial charge on any atom is 0.294 e. The lowest BCUT2D eigenvalue weighted by Gasteiger charge is -2.11. The summed E-state index contributed by atoms with van der Waals surface area (Å²) in [6, 6.07) is 19.7. The van der Waals surface area contributed by atoms with Crippen LogP contribution < -0.4 is 10.1 Å². The number of aromatic amines is 1. The van der Waals surface area contributed by atoms with Crippen molar-refractivity contribution in [1.82, 2.24) is 20.2 Å². The van der Waals surface area contributed by atoms with E-state index in [9.17, 15) is 4.79 Å². The fraction of sp³-hybridized carbons (Fsp3) is 0.167. The molecule has 2 N–H and O–H groups in total. The van der Waals surface area contributed by atoms with Gasteiger partial charge in [0.25, 0.3) is 5.91 Å². The molecule has 1 amide bonds. The molecule has 0 aliphatic carbocycles. The number of nitrogens with zero attached hydrogens (tertiary/aromatic N) is 3. The molecule has 7 heteroatoms. The van der Waals surface area contributed by atoms with Crippen molar-refractivity contribution in [3.8, 4) is 16.9 Å². The van der Waals surface area contributed by atoms with Crippen LogP contribution in [0.15, 0.2) is 66.9 Å². The highest BCUT2D eigenvalue weighted by Crippen LogP contribution is 2.32. The van der Waals surface area contributed by atoms with E-state index in [-0.39, 0.29) is 5.82 Å². The Morgan fingerprint density at radius 3 is 2.65 bits per heavy atom. The number of hydrogen-bond donors (Lipinski definition) is 2. The van der Waals surface area contributed by atoms with Crippen molar-refractivity contribution in [2.45, 2.75) is 19.8 Å². The van der Waals surface area contributed by atoms with Crippen LogP contribution in [0.2, 0.25) is 0 Å². The molecule has 0 saturated carbocycles. The molecular formula is C24H23N5O2. The number of ether oxygens (including phenoxy) is 1. The van der Waals surface area contributed by atoms with Crippen molar-refractivity contribution >= 4 is 11.7 Å². The van der Waals surface area contributed by atoms with Crippen LogP contribution in [0, 0.1) is 0 Å². The van der Waals surface area contributed by atoms with Crippen molar-refractivity contribution in [2.24, 2.45) is 0 Å². The number of aryl methyl sites for hydroxylation is 1. The van der Waals surface area contributed by atoms with Crippen molar-refractivity contribution in [3.05, 3.63) is 89.6 Å². The standard InChI is InChI=1S/C24H23N5O2/c1-3-16-9-10-20(31-2)19(13-16)18-11-12-25-21(15-18)27-24(30)23-26-22(28-29-23)14-17-7-5-4-6-8-17/h4-13,15H,3,14H2,1-2H3,(H,25,27,30)(H,26,28,29). The van der Waals surface area contributed by atoms with E-state index in [1.807, 2.05) is 54.6 Å². The van der Waals surface area contributed by atoms with Gasteiger partial charge in [-0.2, -0.15) is 0 Å². The van der Waals surface area contributed by atoms with Crippen LogP contribution in [0.5, 0.6) is 5.75 Å². The largest absolute Gasteiger partial charge is 0.496 e. The first-order valence-electron chi connectivity index (χ1n) is 10.1. The summed E-state index contributed by atoms with van der Waals surface area (Å²) < 4.78 is 5.51. The van der Waals surface area contributed by atoms with E-state index in [2.05, 4.69) is 38.5 Å². The molecular weight excluding hydrogens is 390 g/mol. The minimum Gasteiger partial charge on any atom is -0.496 e. The number of benzene rings is 2. The molecule has 0 aliphatic rings. The van der Waals surface area contributed by atoms with E-state index in [1.54, 1.807) is 13.3 Å². The third-order valence-corrected chi connectivity index (χ3v) is 4.95. The fourth-order valence-electron chi connectivity index (χ4n) is 3.31. The lowest BCUT2D eigenvalue weighted by Crippen LogP contribution is -2.14. The maximum atomic E-state index is 12.6. The van der Waals surface area contributed by atoms with E-state index in [4.69, 9.17) is 4.74 Å². The van der Waals surface area contributed by atoms with Gasteiger partial charge in [0.1, 0.15) is 17.4 Å². The Morgan fingerprint density at radius 1 is 1.03 bits per heavy atom. The van der Waals surface area contributed by atoms with Crippen LogP contribution in [-0.4, -0.2) is 33.2 Å². The molecule has 0 radical (unpaired) electrons. The summed E-state index contributed by atoms with van der Waals surface area (Å²) in [5, 5.41) is 10.8. The number of pyridine rings is 1. The fourth-order valence-corrected chi connectivity index (χ4v) is 3.31. The molecule has 0 bridgehead atoms. The van der Waals surface area contributed by atoms with Crippen LogP contribution in [-0.2, 0) is 12.8 Å². The average molecular weight is 413 g/mol.